The highest BCUT2D eigenvalue weighted by Gasteiger charge is 2.41. The average Bonchev–Trinajstić information content (AvgIpc) is 2.43. The molecule has 0 radical (unpaired) electrons. The SMILES string of the molecule is C=C(Cl)[C@@H]1C[C@@H]1OC(C)=O. The maximum absolute atomic E-state index is 10.4. The van der Waals surface area contributed by atoms with Gasteiger partial charge in [-0.3, -0.25) is 4.79 Å². The van der Waals surface area contributed by atoms with Gasteiger partial charge in [0, 0.05) is 17.9 Å². The van der Waals surface area contributed by atoms with Crippen LogP contribution < -0.4 is 0 Å². The fraction of sp³-hybridized carbons (Fsp3) is 0.571. The first-order chi connectivity index (χ1) is 4.61. The van der Waals surface area contributed by atoms with Crippen molar-refractivity contribution in [2.24, 2.45) is 5.92 Å². The summed E-state index contributed by atoms with van der Waals surface area (Å²) in [7, 11) is 0. The Morgan fingerprint density at radius 3 is 2.70 bits per heavy atom. The number of rotatable bonds is 2. The summed E-state index contributed by atoms with van der Waals surface area (Å²) >= 11 is 5.57. The standard InChI is InChI=1S/C7H9ClO2/c1-4(8)6-3-7(6)10-5(2)9/h6-7H,1,3H2,2H3/t6-,7-/m0/s1. The van der Waals surface area contributed by atoms with Crippen molar-refractivity contribution in [2.75, 3.05) is 0 Å². The highest BCUT2D eigenvalue weighted by atomic mass is 35.5. The minimum absolute atomic E-state index is 0.00231. The van der Waals surface area contributed by atoms with Crippen molar-refractivity contribution in [2.45, 2.75) is 19.4 Å². The molecule has 0 saturated heterocycles. The number of halogens is 1. The van der Waals surface area contributed by atoms with Gasteiger partial charge in [0.15, 0.2) is 0 Å². The third-order valence-electron chi connectivity index (χ3n) is 1.45. The molecular weight excluding hydrogens is 152 g/mol. The second-order valence-electron chi connectivity index (χ2n) is 2.44. The third-order valence-corrected chi connectivity index (χ3v) is 1.73. The molecule has 0 bridgehead atoms. The molecule has 0 N–H and O–H groups in total. The van der Waals surface area contributed by atoms with Crippen LogP contribution >= 0.6 is 11.6 Å². The Balaban J connectivity index is 2.26. The van der Waals surface area contributed by atoms with Gasteiger partial charge in [0.1, 0.15) is 6.10 Å². The van der Waals surface area contributed by atoms with E-state index in [1.54, 1.807) is 0 Å². The Morgan fingerprint density at radius 1 is 1.80 bits per heavy atom. The number of ether oxygens (including phenoxy) is 1. The molecule has 1 fully saturated rings. The summed E-state index contributed by atoms with van der Waals surface area (Å²) in [6, 6.07) is 0. The predicted molar refractivity (Wildman–Crippen MR) is 38.7 cm³/mol. The molecule has 0 aromatic carbocycles. The first-order valence-corrected chi connectivity index (χ1v) is 3.50. The lowest BCUT2D eigenvalue weighted by Gasteiger charge is -1.97. The molecule has 0 spiro atoms. The van der Waals surface area contributed by atoms with Crippen LogP contribution in [0.4, 0.5) is 0 Å². The van der Waals surface area contributed by atoms with Gasteiger partial charge in [-0.25, -0.2) is 0 Å². The number of carbonyl (C=O) groups is 1. The molecule has 1 aliphatic rings. The molecule has 0 aromatic heterocycles. The molecule has 1 rings (SSSR count). The van der Waals surface area contributed by atoms with Gasteiger partial charge in [-0.2, -0.15) is 0 Å². The molecule has 0 amide bonds. The van der Waals surface area contributed by atoms with Crippen molar-refractivity contribution in [3.05, 3.63) is 11.6 Å². The summed E-state index contributed by atoms with van der Waals surface area (Å²) in [5, 5.41) is 0.589. The average molecular weight is 161 g/mol. The van der Waals surface area contributed by atoms with Crippen molar-refractivity contribution in [1.29, 1.82) is 0 Å². The van der Waals surface area contributed by atoms with E-state index in [0.717, 1.165) is 6.42 Å². The fourth-order valence-electron chi connectivity index (χ4n) is 0.845. The quantitative estimate of drug-likeness (QED) is 0.575. The Labute approximate surface area is 64.8 Å². The number of hydrogen-bond acceptors (Lipinski definition) is 2. The second-order valence-corrected chi connectivity index (χ2v) is 2.92. The van der Waals surface area contributed by atoms with Gasteiger partial charge in [-0.1, -0.05) is 18.2 Å². The van der Waals surface area contributed by atoms with Crippen LogP contribution in [0.2, 0.25) is 0 Å². The molecule has 10 heavy (non-hydrogen) atoms. The van der Waals surface area contributed by atoms with Gasteiger partial charge in [0.2, 0.25) is 0 Å². The van der Waals surface area contributed by atoms with Crippen LogP contribution in [0.1, 0.15) is 13.3 Å². The van der Waals surface area contributed by atoms with E-state index in [2.05, 4.69) is 6.58 Å². The van der Waals surface area contributed by atoms with Crippen molar-refractivity contribution in [1.82, 2.24) is 0 Å². The van der Waals surface area contributed by atoms with Gasteiger partial charge >= 0.3 is 5.97 Å². The van der Waals surface area contributed by atoms with E-state index in [4.69, 9.17) is 16.3 Å². The highest BCUT2D eigenvalue weighted by molar-refractivity contribution is 6.29. The van der Waals surface area contributed by atoms with E-state index < -0.39 is 0 Å². The van der Waals surface area contributed by atoms with E-state index in [9.17, 15) is 4.79 Å². The minimum Gasteiger partial charge on any atom is -0.462 e. The summed E-state index contributed by atoms with van der Waals surface area (Å²) in [5.41, 5.74) is 0. The Bertz CT molecular complexity index is 176. The lowest BCUT2D eigenvalue weighted by Crippen LogP contribution is -2.02. The second kappa shape index (κ2) is 2.62. The summed E-state index contributed by atoms with van der Waals surface area (Å²) in [6.07, 6.45) is 0.838. The maximum atomic E-state index is 10.4. The summed E-state index contributed by atoms with van der Waals surface area (Å²) in [6.45, 7) is 4.94. The van der Waals surface area contributed by atoms with E-state index in [-0.39, 0.29) is 18.0 Å². The van der Waals surface area contributed by atoms with Gasteiger partial charge < -0.3 is 4.74 Å². The van der Waals surface area contributed by atoms with Crippen LogP contribution in [0.3, 0.4) is 0 Å². The largest absolute Gasteiger partial charge is 0.462 e. The van der Waals surface area contributed by atoms with E-state index in [1.165, 1.54) is 6.92 Å². The minimum atomic E-state index is -0.245. The third kappa shape index (κ3) is 1.74. The van der Waals surface area contributed by atoms with Gasteiger partial charge in [-0.05, 0) is 6.42 Å². The van der Waals surface area contributed by atoms with E-state index in [1.807, 2.05) is 0 Å². The Morgan fingerprint density at radius 2 is 2.40 bits per heavy atom. The first-order valence-electron chi connectivity index (χ1n) is 3.12. The predicted octanol–water partition coefficient (Wildman–Crippen LogP) is 1.69. The zero-order valence-electron chi connectivity index (χ0n) is 5.76. The molecule has 0 unspecified atom stereocenters. The van der Waals surface area contributed by atoms with Crippen molar-refractivity contribution < 1.29 is 9.53 Å². The van der Waals surface area contributed by atoms with Gasteiger partial charge in [0.25, 0.3) is 0 Å². The van der Waals surface area contributed by atoms with Crippen LogP contribution in [-0.2, 0) is 9.53 Å². The molecule has 2 nitrogen and oxygen atoms in total. The maximum Gasteiger partial charge on any atom is 0.302 e. The zero-order chi connectivity index (χ0) is 7.72. The van der Waals surface area contributed by atoms with Crippen LogP contribution in [0.25, 0.3) is 0 Å². The molecule has 3 heteroatoms. The summed E-state index contributed by atoms with van der Waals surface area (Å²) < 4.78 is 4.85. The number of esters is 1. The van der Waals surface area contributed by atoms with Crippen LogP contribution in [0.5, 0.6) is 0 Å². The van der Waals surface area contributed by atoms with E-state index >= 15 is 0 Å². The van der Waals surface area contributed by atoms with Crippen molar-refractivity contribution in [3.63, 3.8) is 0 Å². The monoisotopic (exact) mass is 160 g/mol. The molecule has 56 valence electrons. The smallest absolute Gasteiger partial charge is 0.302 e. The lowest BCUT2D eigenvalue weighted by atomic mass is 10.4. The van der Waals surface area contributed by atoms with Gasteiger partial charge in [-0.15, -0.1) is 0 Å². The highest BCUT2D eigenvalue weighted by Crippen LogP contribution is 2.40. The summed E-state index contributed by atoms with van der Waals surface area (Å²) in [4.78, 5) is 10.4. The normalized spacial score (nSPS) is 29.4. The zero-order valence-corrected chi connectivity index (χ0v) is 6.52. The van der Waals surface area contributed by atoms with E-state index in [0.29, 0.717) is 5.03 Å². The topological polar surface area (TPSA) is 26.3 Å². The van der Waals surface area contributed by atoms with Crippen LogP contribution in [0, 0.1) is 5.92 Å². The molecule has 0 heterocycles. The molecule has 1 aliphatic carbocycles. The van der Waals surface area contributed by atoms with Crippen LogP contribution in [-0.4, -0.2) is 12.1 Å². The molecular formula is C7H9ClO2. The van der Waals surface area contributed by atoms with Crippen molar-refractivity contribution in [3.8, 4) is 0 Å². The molecule has 1 saturated carbocycles. The summed E-state index contributed by atoms with van der Waals surface area (Å²) in [5.74, 6) is -0.0454. The molecule has 0 aromatic rings. The van der Waals surface area contributed by atoms with Crippen LogP contribution in [0.15, 0.2) is 11.6 Å². The lowest BCUT2D eigenvalue weighted by molar-refractivity contribution is -0.142. The first kappa shape index (κ1) is 7.61. The fourth-order valence-corrected chi connectivity index (χ4v) is 1.07. The number of carbonyl (C=O) groups excluding carboxylic acids is 1. The number of hydrogen-bond donors (Lipinski definition) is 0. The molecule has 0 aliphatic heterocycles. The Kier molecular flexibility index (Phi) is 2.00. The van der Waals surface area contributed by atoms with Gasteiger partial charge in [0.05, 0.1) is 0 Å². The van der Waals surface area contributed by atoms with Crippen molar-refractivity contribution >= 4 is 17.6 Å². The molecule has 2 atom stereocenters. The Hall–Kier alpha value is -0.500.